The van der Waals surface area contributed by atoms with Crippen LogP contribution in [0.4, 0.5) is 4.39 Å². The smallest absolute Gasteiger partial charge is 0.241 e. The molecule has 0 saturated carbocycles. The highest BCUT2D eigenvalue weighted by molar-refractivity contribution is 7.89. The van der Waals surface area contributed by atoms with Crippen molar-refractivity contribution in [1.29, 1.82) is 0 Å². The maximum Gasteiger partial charge on any atom is 0.241 e. The summed E-state index contributed by atoms with van der Waals surface area (Å²) in [6.07, 6.45) is 3.33. The first kappa shape index (κ1) is 18.3. The molecule has 0 fully saturated rings. The molecule has 26 heavy (non-hydrogen) atoms. The molecule has 0 bridgehead atoms. The van der Waals surface area contributed by atoms with Crippen LogP contribution in [0.5, 0.6) is 0 Å². The number of imidazole rings is 1. The fraction of sp³-hybridized carbons (Fsp3) is 0.211. The molecule has 136 valence electrons. The van der Waals surface area contributed by atoms with Crippen LogP contribution < -0.4 is 4.72 Å². The van der Waals surface area contributed by atoms with Crippen LogP contribution in [-0.2, 0) is 17.1 Å². The van der Waals surface area contributed by atoms with E-state index in [9.17, 15) is 12.8 Å². The van der Waals surface area contributed by atoms with Crippen LogP contribution in [0, 0.1) is 19.7 Å². The van der Waals surface area contributed by atoms with Gasteiger partial charge in [-0.25, -0.2) is 17.8 Å². The van der Waals surface area contributed by atoms with Gasteiger partial charge in [-0.15, -0.1) is 0 Å². The second-order valence-corrected chi connectivity index (χ2v) is 7.95. The Morgan fingerprint density at radius 2 is 1.81 bits per heavy atom. The maximum atomic E-state index is 13.3. The first-order valence-corrected chi connectivity index (χ1v) is 9.58. The van der Waals surface area contributed by atoms with Crippen molar-refractivity contribution in [3.05, 3.63) is 83.2 Å². The molecule has 0 spiro atoms. The van der Waals surface area contributed by atoms with Gasteiger partial charge in [0.05, 0.1) is 4.90 Å². The van der Waals surface area contributed by atoms with Gasteiger partial charge in [0.15, 0.2) is 0 Å². The topological polar surface area (TPSA) is 64.0 Å². The van der Waals surface area contributed by atoms with Gasteiger partial charge < -0.3 is 4.57 Å². The Morgan fingerprint density at radius 3 is 2.42 bits per heavy atom. The van der Waals surface area contributed by atoms with Gasteiger partial charge in [-0.05, 0) is 48.7 Å². The second-order valence-electron chi connectivity index (χ2n) is 6.27. The standard InChI is InChI=1S/C19H20FN3O2S/c1-13-4-5-14(2)17(12-13)26(24,25)22-18(19-21-10-11-23(19)3)15-6-8-16(20)9-7-15/h4-12,18,22H,1-3H3/t18-/m0/s1. The molecule has 0 aliphatic carbocycles. The minimum atomic E-state index is -3.81. The predicted molar refractivity (Wildman–Crippen MR) is 97.7 cm³/mol. The summed E-state index contributed by atoms with van der Waals surface area (Å²) in [7, 11) is -2.03. The lowest BCUT2D eigenvalue weighted by atomic mass is 10.1. The quantitative estimate of drug-likeness (QED) is 0.747. The summed E-state index contributed by atoms with van der Waals surface area (Å²) in [5, 5.41) is 0. The average molecular weight is 373 g/mol. The zero-order valence-corrected chi connectivity index (χ0v) is 15.6. The van der Waals surface area contributed by atoms with Gasteiger partial charge in [-0.3, -0.25) is 0 Å². The van der Waals surface area contributed by atoms with Crippen molar-refractivity contribution in [2.24, 2.45) is 7.05 Å². The third-order valence-corrected chi connectivity index (χ3v) is 5.79. The molecule has 0 aliphatic rings. The molecule has 0 aliphatic heterocycles. The molecule has 0 saturated heterocycles. The van der Waals surface area contributed by atoms with Crippen LogP contribution in [0.2, 0.25) is 0 Å². The third-order valence-electron chi connectivity index (χ3n) is 4.23. The number of aromatic nitrogens is 2. The third kappa shape index (κ3) is 3.68. The molecule has 1 atom stereocenters. The Kier molecular flexibility index (Phi) is 4.93. The van der Waals surface area contributed by atoms with Gasteiger partial charge >= 0.3 is 0 Å². The molecule has 0 amide bonds. The molecule has 7 heteroatoms. The van der Waals surface area contributed by atoms with Gasteiger partial charge in [-0.2, -0.15) is 4.72 Å². The number of sulfonamides is 1. The van der Waals surface area contributed by atoms with Crippen LogP contribution in [0.1, 0.15) is 28.6 Å². The van der Waals surface area contributed by atoms with E-state index >= 15 is 0 Å². The summed E-state index contributed by atoms with van der Waals surface area (Å²) in [6, 6.07) is 10.3. The van der Waals surface area contributed by atoms with E-state index in [1.54, 1.807) is 55.2 Å². The van der Waals surface area contributed by atoms with Crippen molar-refractivity contribution in [3.63, 3.8) is 0 Å². The molecule has 5 nitrogen and oxygen atoms in total. The van der Waals surface area contributed by atoms with E-state index in [1.807, 2.05) is 13.0 Å². The number of hydrogen-bond acceptors (Lipinski definition) is 3. The van der Waals surface area contributed by atoms with Crippen LogP contribution >= 0.6 is 0 Å². The molecule has 1 aromatic heterocycles. The molecule has 3 rings (SSSR count). The average Bonchev–Trinajstić information content (AvgIpc) is 3.01. The van der Waals surface area contributed by atoms with E-state index < -0.39 is 16.1 Å². The Labute approximate surface area is 152 Å². The molecular formula is C19H20FN3O2S. The minimum Gasteiger partial charge on any atom is -0.336 e. The number of nitrogens with zero attached hydrogens (tertiary/aromatic N) is 2. The normalized spacial score (nSPS) is 12.9. The number of hydrogen-bond donors (Lipinski definition) is 1. The van der Waals surface area contributed by atoms with E-state index in [4.69, 9.17) is 0 Å². The summed E-state index contributed by atoms with van der Waals surface area (Å²) < 4.78 is 43.9. The van der Waals surface area contributed by atoms with Crippen molar-refractivity contribution in [2.75, 3.05) is 0 Å². The summed E-state index contributed by atoms with van der Waals surface area (Å²) in [5.74, 6) is 0.134. The largest absolute Gasteiger partial charge is 0.336 e. The van der Waals surface area contributed by atoms with E-state index in [1.165, 1.54) is 12.1 Å². The van der Waals surface area contributed by atoms with Gasteiger partial charge in [0.1, 0.15) is 17.7 Å². The summed E-state index contributed by atoms with van der Waals surface area (Å²) in [6.45, 7) is 3.59. The Bertz CT molecular complexity index is 1030. The summed E-state index contributed by atoms with van der Waals surface area (Å²) in [4.78, 5) is 4.50. The van der Waals surface area contributed by atoms with Gasteiger partial charge in [0.2, 0.25) is 10.0 Å². The van der Waals surface area contributed by atoms with Crippen molar-refractivity contribution in [3.8, 4) is 0 Å². The Morgan fingerprint density at radius 1 is 1.12 bits per heavy atom. The van der Waals surface area contributed by atoms with Crippen LogP contribution in [0.25, 0.3) is 0 Å². The van der Waals surface area contributed by atoms with Crippen molar-refractivity contribution < 1.29 is 12.8 Å². The Hall–Kier alpha value is -2.51. The monoisotopic (exact) mass is 373 g/mol. The zero-order valence-electron chi connectivity index (χ0n) is 14.8. The minimum absolute atomic E-state index is 0.221. The molecule has 1 heterocycles. The molecule has 1 N–H and O–H groups in total. The van der Waals surface area contributed by atoms with Gasteiger partial charge in [-0.1, -0.05) is 24.3 Å². The molecule has 0 unspecified atom stereocenters. The number of benzene rings is 2. The first-order chi connectivity index (χ1) is 12.3. The highest BCUT2D eigenvalue weighted by Gasteiger charge is 2.26. The second kappa shape index (κ2) is 7.01. The van der Waals surface area contributed by atoms with E-state index in [0.29, 0.717) is 17.0 Å². The summed E-state index contributed by atoms with van der Waals surface area (Å²) >= 11 is 0. The van der Waals surface area contributed by atoms with Gasteiger partial charge in [0.25, 0.3) is 0 Å². The molecule has 2 aromatic carbocycles. The number of rotatable bonds is 5. The van der Waals surface area contributed by atoms with Crippen molar-refractivity contribution in [2.45, 2.75) is 24.8 Å². The van der Waals surface area contributed by atoms with Crippen molar-refractivity contribution >= 4 is 10.0 Å². The van der Waals surface area contributed by atoms with Crippen molar-refractivity contribution in [1.82, 2.24) is 14.3 Å². The molecular weight excluding hydrogens is 353 g/mol. The highest BCUT2D eigenvalue weighted by atomic mass is 32.2. The van der Waals surface area contributed by atoms with Crippen LogP contribution in [-0.4, -0.2) is 18.0 Å². The van der Waals surface area contributed by atoms with Crippen LogP contribution in [0.3, 0.4) is 0 Å². The fourth-order valence-electron chi connectivity index (χ4n) is 2.80. The SMILES string of the molecule is Cc1ccc(C)c(S(=O)(=O)N[C@@H](c2ccc(F)cc2)c2nccn2C)c1. The molecule has 3 aromatic rings. The lowest BCUT2D eigenvalue weighted by Gasteiger charge is -2.20. The summed E-state index contributed by atoms with van der Waals surface area (Å²) in [5.41, 5.74) is 2.11. The maximum absolute atomic E-state index is 13.3. The zero-order chi connectivity index (χ0) is 18.9. The van der Waals surface area contributed by atoms with Crippen LogP contribution in [0.15, 0.2) is 59.8 Å². The fourth-order valence-corrected chi connectivity index (χ4v) is 4.31. The van der Waals surface area contributed by atoms with E-state index in [0.717, 1.165) is 5.56 Å². The number of halogens is 1. The number of aryl methyl sites for hydroxylation is 3. The van der Waals surface area contributed by atoms with Gasteiger partial charge in [0, 0.05) is 19.4 Å². The highest BCUT2D eigenvalue weighted by Crippen LogP contribution is 2.25. The van der Waals surface area contributed by atoms with E-state index in [2.05, 4.69) is 9.71 Å². The van der Waals surface area contributed by atoms with E-state index in [-0.39, 0.29) is 10.7 Å². The first-order valence-electron chi connectivity index (χ1n) is 8.10. The lowest BCUT2D eigenvalue weighted by Crippen LogP contribution is -2.31. The Balaban J connectivity index is 2.07. The lowest BCUT2D eigenvalue weighted by molar-refractivity contribution is 0.561. The molecule has 0 radical (unpaired) electrons. The number of nitrogens with one attached hydrogen (secondary N) is 1. The predicted octanol–water partition coefficient (Wildman–Crippen LogP) is 3.24.